The predicted molar refractivity (Wildman–Crippen MR) is 27.4 cm³/mol. The third-order valence-electron chi connectivity index (χ3n) is 0.399. The monoisotopic (exact) mass is 122 g/mol. The number of nitrogens with two attached hydrogens (primary N) is 1. The molecule has 0 aromatic rings. The van der Waals surface area contributed by atoms with E-state index in [1.807, 2.05) is 0 Å². The topological polar surface area (TPSA) is 66.2 Å². The summed E-state index contributed by atoms with van der Waals surface area (Å²) in [4.78, 5) is 0. The van der Waals surface area contributed by atoms with Gasteiger partial charge >= 0.3 is 0 Å². The van der Waals surface area contributed by atoms with Gasteiger partial charge in [-0.05, 0) is 6.92 Å². The largest absolute Gasteiger partial charge is 0.772 e. The maximum Gasteiger partial charge on any atom is 0.0251 e. The molecule has 4 heteroatoms. The van der Waals surface area contributed by atoms with E-state index >= 15 is 0 Å². The van der Waals surface area contributed by atoms with Crippen LogP contribution in [0.2, 0.25) is 0 Å². The molecule has 0 aromatic carbocycles. The summed E-state index contributed by atoms with van der Waals surface area (Å²) in [6.45, 7) is 1.65. The fourth-order valence-corrected chi connectivity index (χ4v) is 0.644. The van der Waals surface area contributed by atoms with Gasteiger partial charge in [0.2, 0.25) is 0 Å². The van der Waals surface area contributed by atoms with Crippen molar-refractivity contribution in [3.8, 4) is 0 Å². The van der Waals surface area contributed by atoms with Crippen LogP contribution < -0.4 is 5.73 Å². The highest BCUT2D eigenvalue weighted by Crippen LogP contribution is 1.76. The lowest BCUT2D eigenvalue weighted by atomic mass is 10.4. The van der Waals surface area contributed by atoms with E-state index in [9.17, 15) is 8.76 Å². The van der Waals surface area contributed by atoms with Crippen LogP contribution in [0.25, 0.3) is 0 Å². The van der Waals surface area contributed by atoms with Crippen molar-refractivity contribution in [2.24, 2.45) is 5.73 Å². The second-order valence-electron chi connectivity index (χ2n) is 1.45. The summed E-state index contributed by atoms with van der Waals surface area (Å²) in [7, 11) is 0. The molecule has 44 valence electrons. The number of hydrogen-bond acceptors (Lipinski definition) is 3. The van der Waals surface area contributed by atoms with E-state index in [1.54, 1.807) is 6.92 Å². The van der Waals surface area contributed by atoms with Gasteiger partial charge in [0.05, 0.1) is 0 Å². The normalized spacial score (nSPS) is 18.7. The van der Waals surface area contributed by atoms with Crippen molar-refractivity contribution >= 4 is 11.1 Å². The fourth-order valence-electron chi connectivity index (χ4n) is 0.215. The molecular weight excluding hydrogens is 114 g/mol. The SMILES string of the molecule is CC(N)CS(=O)[O-]. The molecule has 7 heavy (non-hydrogen) atoms. The van der Waals surface area contributed by atoms with Crippen LogP contribution >= 0.6 is 0 Å². The zero-order valence-electron chi connectivity index (χ0n) is 4.09. The van der Waals surface area contributed by atoms with Gasteiger partial charge in [-0.2, -0.15) is 0 Å². The summed E-state index contributed by atoms with van der Waals surface area (Å²) in [5, 5.41) is 0. The van der Waals surface area contributed by atoms with E-state index in [0.717, 1.165) is 0 Å². The van der Waals surface area contributed by atoms with Gasteiger partial charge in [-0.3, -0.25) is 4.21 Å². The van der Waals surface area contributed by atoms with Crippen LogP contribution in [0.15, 0.2) is 0 Å². The molecule has 0 saturated carbocycles. The van der Waals surface area contributed by atoms with Gasteiger partial charge in [0.1, 0.15) is 0 Å². The van der Waals surface area contributed by atoms with Gasteiger partial charge in [-0.25, -0.2) is 0 Å². The Bertz CT molecular complexity index is 73.3. The Morgan fingerprint density at radius 2 is 2.43 bits per heavy atom. The summed E-state index contributed by atoms with van der Waals surface area (Å²) in [5.74, 6) is 0.0556. The molecule has 0 aliphatic rings. The third kappa shape index (κ3) is 6.07. The summed E-state index contributed by atoms with van der Waals surface area (Å²) in [6, 6.07) is -0.238. The Kier molecular flexibility index (Phi) is 3.15. The molecule has 0 aliphatic heterocycles. The molecule has 0 aliphatic carbocycles. The molecule has 0 rings (SSSR count). The quantitative estimate of drug-likeness (QED) is 0.488. The average molecular weight is 122 g/mol. The van der Waals surface area contributed by atoms with Gasteiger partial charge in [0.15, 0.2) is 0 Å². The van der Waals surface area contributed by atoms with Crippen LogP contribution in [0.5, 0.6) is 0 Å². The van der Waals surface area contributed by atoms with Crippen molar-refractivity contribution < 1.29 is 8.76 Å². The molecule has 0 fully saturated rings. The first-order valence-electron chi connectivity index (χ1n) is 1.94. The molecule has 0 heterocycles. The van der Waals surface area contributed by atoms with Crippen molar-refractivity contribution in [1.82, 2.24) is 0 Å². The van der Waals surface area contributed by atoms with Crippen LogP contribution in [-0.4, -0.2) is 20.6 Å². The number of rotatable bonds is 2. The van der Waals surface area contributed by atoms with Crippen molar-refractivity contribution in [1.29, 1.82) is 0 Å². The van der Waals surface area contributed by atoms with Gasteiger partial charge in [0.25, 0.3) is 0 Å². The van der Waals surface area contributed by atoms with Crippen LogP contribution in [-0.2, 0) is 11.1 Å². The van der Waals surface area contributed by atoms with Gasteiger partial charge in [-0.1, -0.05) is 11.1 Å². The maximum atomic E-state index is 9.73. The Balaban J connectivity index is 3.13. The Morgan fingerprint density at radius 3 is 2.43 bits per heavy atom. The lowest BCUT2D eigenvalue weighted by Gasteiger charge is -2.05. The summed E-state index contributed by atoms with van der Waals surface area (Å²) in [5.41, 5.74) is 5.10. The van der Waals surface area contributed by atoms with Crippen molar-refractivity contribution in [2.45, 2.75) is 13.0 Å². The van der Waals surface area contributed by atoms with E-state index in [-0.39, 0.29) is 11.8 Å². The second-order valence-corrected chi connectivity index (χ2v) is 2.39. The second kappa shape index (κ2) is 3.12. The van der Waals surface area contributed by atoms with Crippen molar-refractivity contribution in [3.63, 3.8) is 0 Å². The van der Waals surface area contributed by atoms with Gasteiger partial charge in [0, 0.05) is 11.8 Å². The molecule has 0 saturated heterocycles. The minimum absolute atomic E-state index is 0.0556. The Morgan fingerprint density at radius 1 is 2.00 bits per heavy atom. The summed E-state index contributed by atoms with van der Waals surface area (Å²) < 4.78 is 19.5. The van der Waals surface area contributed by atoms with E-state index < -0.39 is 11.1 Å². The number of hydrogen-bond donors (Lipinski definition) is 1. The minimum atomic E-state index is -1.97. The lowest BCUT2D eigenvalue weighted by molar-refractivity contribution is 0.532. The first-order chi connectivity index (χ1) is 3.13. The van der Waals surface area contributed by atoms with E-state index in [2.05, 4.69) is 0 Å². The maximum absolute atomic E-state index is 9.73. The smallest absolute Gasteiger partial charge is 0.0251 e. The molecule has 0 amide bonds. The van der Waals surface area contributed by atoms with Gasteiger partial charge in [-0.15, -0.1) is 0 Å². The summed E-state index contributed by atoms with van der Waals surface area (Å²) >= 11 is -1.97. The summed E-state index contributed by atoms with van der Waals surface area (Å²) in [6.07, 6.45) is 0. The Labute approximate surface area is 45.2 Å². The third-order valence-corrected chi connectivity index (χ3v) is 1.20. The average Bonchev–Trinajstić information content (AvgIpc) is 1.27. The van der Waals surface area contributed by atoms with Crippen molar-refractivity contribution in [2.75, 3.05) is 5.75 Å². The highest BCUT2D eigenvalue weighted by Gasteiger charge is 1.89. The highest BCUT2D eigenvalue weighted by molar-refractivity contribution is 7.79. The predicted octanol–water partition coefficient (Wildman–Crippen LogP) is -0.787. The van der Waals surface area contributed by atoms with Crippen LogP contribution in [0.4, 0.5) is 0 Å². The molecule has 2 unspecified atom stereocenters. The first-order valence-corrected chi connectivity index (χ1v) is 3.18. The molecule has 0 spiro atoms. The van der Waals surface area contributed by atoms with E-state index in [0.29, 0.717) is 0 Å². The van der Waals surface area contributed by atoms with Crippen LogP contribution in [0, 0.1) is 0 Å². The Hall–Kier alpha value is 0.0700. The zero-order valence-corrected chi connectivity index (χ0v) is 4.90. The van der Waals surface area contributed by atoms with Gasteiger partial charge < -0.3 is 10.3 Å². The van der Waals surface area contributed by atoms with Crippen molar-refractivity contribution in [3.05, 3.63) is 0 Å². The van der Waals surface area contributed by atoms with E-state index in [4.69, 9.17) is 5.73 Å². The minimum Gasteiger partial charge on any atom is -0.772 e. The molecular formula is C3H8NO2S-. The molecule has 2 N–H and O–H groups in total. The molecule has 0 aromatic heterocycles. The highest BCUT2D eigenvalue weighted by atomic mass is 32.2. The fraction of sp³-hybridized carbons (Fsp3) is 1.00. The van der Waals surface area contributed by atoms with E-state index in [1.165, 1.54) is 0 Å². The lowest BCUT2D eigenvalue weighted by Crippen LogP contribution is -2.22. The molecule has 0 bridgehead atoms. The molecule has 2 atom stereocenters. The zero-order chi connectivity index (χ0) is 5.86. The standard InChI is InChI=1S/C3H9NO2S/c1-3(4)2-7(5)6/h3H,2,4H2,1H3,(H,5,6)/p-1. The first kappa shape index (κ1) is 7.07. The molecule has 3 nitrogen and oxygen atoms in total. The van der Waals surface area contributed by atoms with Crippen LogP contribution in [0.1, 0.15) is 6.92 Å². The van der Waals surface area contributed by atoms with Crippen LogP contribution in [0.3, 0.4) is 0 Å². The molecule has 0 radical (unpaired) electrons.